The van der Waals surface area contributed by atoms with Gasteiger partial charge in [0.05, 0.1) is 7.11 Å². The lowest BCUT2D eigenvalue weighted by atomic mass is 10.1. The largest absolute Gasteiger partial charge is 0.493 e. The van der Waals surface area contributed by atoms with Crippen LogP contribution < -0.4 is 14.8 Å². The summed E-state index contributed by atoms with van der Waals surface area (Å²) >= 11 is 5.23. The van der Waals surface area contributed by atoms with E-state index in [1.807, 2.05) is 71.4 Å². The first kappa shape index (κ1) is 21.4. The maximum Gasteiger partial charge on any atom is 0.251 e. The molecule has 0 atom stereocenters. The van der Waals surface area contributed by atoms with Crippen molar-refractivity contribution in [3.05, 3.63) is 107 Å². The first-order valence-electron chi connectivity index (χ1n) is 10.1. The molecule has 162 valence electrons. The molecule has 0 aliphatic rings. The van der Waals surface area contributed by atoms with E-state index in [0.29, 0.717) is 35.0 Å². The van der Waals surface area contributed by atoms with Crippen LogP contribution in [0.3, 0.4) is 0 Å². The normalized spacial score (nSPS) is 10.5. The van der Waals surface area contributed by atoms with Gasteiger partial charge in [-0.1, -0.05) is 36.4 Å². The van der Waals surface area contributed by atoms with Crippen molar-refractivity contribution in [1.29, 1.82) is 0 Å². The molecule has 6 nitrogen and oxygen atoms in total. The molecule has 0 unspecified atom stereocenters. The quantitative estimate of drug-likeness (QED) is 0.372. The van der Waals surface area contributed by atoms with E-state index in [9.17, 15) is 4.79 Å². The minimum Gasteiger partial charge on any atom is -0.493 e. The molecule has 4 aromatic rings. The standard InChI is InChI=1S/C25H23N3O3S/c1-30-23-15-19(7-12-22(23)31-17-18-5-3-2-4-6-18)16-27-24(29)20-8-10-21(11-9-20)28-14-13-26-25(28)32/h2-15H,16-17H2,1H3,(H,26,32)(H,27,29). The minimum atomic E-state index is -0.155. The second kappa shape index (κ2) is 9.98. The average molecular weight is 446 g/mol. The first-order valence-corrected chi connectivity index (χ1v) is 10.5. The Labute approximate surface area is 191 Å². The Balaban J connectivity index is 1.37. The molecule has 0 saturated heterocycles. The van der Waals surface area contributed by atoms with Gasteiger partial charge >= 0.3 is 0 Å². The summed E-state index contributed by atoms with van der Waals surface area (Å²) in [5.74, 6) is 1.13. The topological polar surface area (TPSA) is 68.3 Å². The van der Waals surface area contributed by atoms with Crippen LogP contribution in [-0.4, -0.2) is 22.6 Å². The molecule has 32 heavy (non-hydrogen) atoms. The van der Waals surface area contributed by atoms with Gasteiger partial charge in [-0.05, 0) is 59.7 Å². The van der Waals surface area contributed by atoms with Gasteiger partial charge in [-0.2, -0.15) is 0 Å². The first-order chi connectivity index (χ1) is 15.6. The Bertz CT molecular complexity index is 1250. The number of nitrogens with one attached hydrogen (secondary N) is 2. The van der Waals surface area contributed by atoms with Crippen molar-refractivity contribution >= 4 is 18.1 Å². The number of carbonyl (C=O) groups excluding carboxylic acids is 1. The number of methoxy groups -OCH3 is 1. The van der Waals surface area contributed by atoms with Crippen molar-refractivity contribution in [3.63, 3.8) is 0 Å². The molecule has 0 radical (unpaired) electrons. The van der Waals surface area contributed by atoms with Crippen LogP contribution in [0.25, 0.3) is 5.69 Å². The maximum atomic E-state index is 12.6. The summed E-state index contributed by atoms with van der Waals surface area (Å²) < 4.78 is 13.8. The lowest BCUT2D eigenvalue weighted by Gasteiger charge is -2.13. The number of nitrogens with zero attached hydrogens (tertiary/aromatic N) is 1. The minimum absolute atomic E-state index is 0.155. The molecular weight excluding hydrogens is 422 g/mol. The highest BCUT2D eigenvalue weighted by Crippen LogP contribution is 2.29. The zero-order chi connectivity index (χ0) is 22.3. The third kappa shape index (κ3) is 5.07. The monoisotopic (exact) mass is 445 g/mol. The van der Waals surface area contributed by atoms with Crippen molar-refractivity contribution in [2.75, 3.05) is 7.11 Å². The van der Waals surface area contributed by atoms with Crippen LogP contribution in [0, 0.1) is 4.77 Å². The van der Waals surface area contributed by atoms with Crippen LogP contribution in [0.1, 0.15) is 21.5 Å². The van der Waals surface area contributed by atoms with E-state index in [1.165, 1.54) is 0 Å². The van der Waals surface area contributed by atoms with Crippen LogP contribution in [0.5, 0.6) is 11.5 Å². The highest BCUT2D eigenvalue weighted by atomic mass is 32.1. The summed E-state index contributed by atoms with van der Waals surface area (Å²) in [6.45, 7) is 0.829. The van der Waals surface area contributed by atoms with Gasteiger partial charge in [0.2, 0.25) is 0 Å². The number of imidazole rings is 1. The van der Waals surface area contributed by atoms with E-state index in [2.05, 4.69) is 10.3 Å². The number of H-pyrrole nitrogens is 1. The average Bonchev–Trinajstić information content (AvgIpc) is 3.28. The van der Waals surface area contributed by atoms with Crippen LogP contribution in [0.2, 0.25) is 0 Å². The zero-order valence-electron chi connectivity index (χ0n) is 17.6. The molecule has 0 spiro atoms. The molecular formula is C25H23N3O3S. The van der Waals surface area contributed by atoms with E-state index in [0.717, 1.165) is 16.8 Å². The van der Waals surface area contributed by atoms with Gasteiger partial charge in [0.1, 0.15) is 6.61 Å². The second-order valence-electron chi connectivity index (χ2n) is 7.12. The van der Waals surface area contributed by atoms with Gasteiger partial charge in [0, 0.05) is 30.2 Å². The van der Waals surface area contributed by atoms with E-state index in [4.69, 9.17) is 21.7 Å². The van der Waals surface area contributed by atoms with Gasteiger partial charge in [0.15, 0.2) is 16.3 Å². The third-order valence-corrected chi connectivity index (χ3v) is 5.29. The summed E-state index contributed by atoms with van der Waals surface area (Å²) in [4.78, 5) is 15.5. The Morgan fingerprint density at radius 2 is 1.78 bits per heavy atom. The molecule has 0 saturated carbocycles. The summed E-state index contributed by atoms with van der Waals surface area (Å²) in [6.07, 6.45) is 3.62. The molecule has 1 aromatic heterocycles. The Morgan fingerprint density at radius 3 is 2.47 bits per heavy atom. The fraction of sp³-hybridized carbons (Fsp3) is 0.120. The van der Waals surface area contributed by atoms with Crippen molar-refractivity contribution in [2.45, 2.75) is 13.2 Å². The summed E-state index contributed by atoms with van der Waals surface area (Å²) in [5, 5.41) is 2.94. The van der Waals surface area contributed by atoms with E-state index in [-0.39, 0.29) is 5.91 Å². The molecule has 1 amide bonds. The number of aromatic amines is 1. The number of rotatable bonds is 8. The number of hydrogen-bond donors (Lipinski definition) is 2. The molecule has 0 fully saturated rings. The summed E-state index contributed by atoms with van der Waals surface area (Å²) in [6, 6.07) is 22.9. The van der Waals surface area contributed by atoms with E-state index >= 15 is 0 Å². The lowest BCUT2D eigenvalue weighted by molar-refractivity contribution is 0.0951. The SMILES string of the molecule is COc1cc(CNC(=O)c2ccc(-n3cc[nH]c3=S)cc2)ccc1OCc1ccccc1. The molecule has 0 aliphatic heterocycles. The Hall–Kier alpha value is -3.84. The molecule has 0 aliphatic carbocycles. The molecule has 3 aromatic carbocycles. The van der Waals surface area contributed by atoms with Crippen LogP contribution in [-0.2, 0) is 13.2 Å². The van der Waals surface area contributed by atoms with Gasteiger partial charge in [-0.25, -0.2) is 0 Å². The summed E-state index contributed by atoms with van der Waals surface area (Å²) in [7, 11) is 1.60. The molecule has 4 rings (SSSR count). The predicted octanol–water partition coefficient (Wildman–Crippen LogP) is 5.05. The van der Waals surface area contributed by atoms with E-state index < -0.39 is 0 Å². The van der Waals surface area contributed by atoms with Crippen molar-refractivity contribution < 1.29 is 14.3 Å². The number of carbonyl (C=O) groups is 1. The lowest BCUT2D eigenvalue weighted by Crippen LogP contribution is -2.22. The van der Waals surface area contributed by atoms with Crippen LogP contribution in [0.4, 0.5) is 0 Å². The number of aromatic nitrogens is 2. The number of ether oxygens (including phenoxy) is 2. The highest BCUT2D eigenvalue weighted by Gasteiger charge is 2.09. The van der Waals surface area contributed by atoms with Gasteiger partial charge < -0.3 is 19.8 Å². The van der Waals surface area contributed by atoms with Crippen molar-refractivity contribution in [2.24, 2.45) is 0 Å². The predicted molar refractivity (Wildman–Crippen MR) is 126 cm³/mol. The highest BCUT2D eigenvalue weighted by molar-refractivity contribution is 7.71. The maximum absolute atomic E-state index is 12.6. The van der Waals surface area contributed by atoms with Gasteiger partial charge in [-0.15, -0.1) is 0 Å². The van der Waals surface area contributed by atoms with Crippen LogP contribution >= 0.6 is 12.2 Å². The fourth-order valence-electron chi connectivity index (χ4n) is 3.26. The van der Waals surface area contributed by atoms with Crippen molar-refractivity contribution in [1.82, 2.24) is 14.9 Å². The number of benzene rings is 3. The molecule has 1 heterocycles. The molecule has 7 heteroatoms. The summed E-state index contributed by atoms with van der Waals surface area (Å²) in [5.41, 5.74) is 3.46. The van der Waals surface area contributed by atoms with Gasteiger partial charge in [0.25, 0.3) is 5.91 Å². The number of amides is 1. The molecule has 2 N–H and O–H groups in total. The van der Waals surface area contributed by atoms with E-state index in [1.54, 1.807) is 25.4 Å². The molecule has 0 bridgehead atoms. The number of hydrogen-bond acceptors (Lipinski definition) is 4. The third-order valence-electron chi connectivity index (χ3n) is 4.98. The smallest absolute Gasteiger partial charge is 0.251 e. The second-order valence-corrected chi connectivity index (χ2v) is 7.51. The fourth-order valence-corrected chi connectivity index (χ4v) is 3.49. The van der Waals surface area contributed by atoms with Gasteiger partial charge in [-0.3, -0.25) is 9.36 Å². The Morgan fingerprint density at radius 1 is 1.00 bits per heavy atom. The zero-order valence-corrected chi connectivity index (χ0v) is 18.4. The van der Waals surface area contributed by atoms with Crippen LogP contribution in [0.15, 0.2) is 85.2 Å². The van der Waals surface area contributed by atoms with Crippen molar-refractivity contribution in [3.8, 4) is 17.2 Å². The Kier molecular flexibility index (Phi) is 6.67.